The maximum Gasteiger partial charge on any atom is 0.410 e. The zero-order valence-electron chi connectivity index (χ0n) is 19.3. The Balaban J connectivity index is 1.66. The molecule has 3 rings (SSSR count). The van der Waals surface area contributed by atoms with Crippen molar-refractivity contribution in [1.29, 1.82) is 0 Å². The second-order valence-electron chi connectivity index (χ2n) is 9.54. The minimum absolute atomic E-state index is 0.0882. The van der Waals surface area contributed by atoms with E-state index < -0.39 is 5.60 Å². The van der Waals surface area contributed by atoms with Gasteiger partial charge in [-0.3, -0.25) is 4.79 Å². The lowest BCUT2D eigenvalue weighted by atomic mass is 9.84. The number of piperidine rings is 1. The van der Waals surface area contributed by atoms with Crippen LogP contribution in [0.15, 0.2) is 12.1 Å². The molecule has 0 spiro atoms. The Bertz CT molecular complexity index is 743. The Kier molecular flexibility index (Phi) is 7.73. The van der Waals surface area contributed by atoms with E-state index >= 15 is 0 Å². The average molecular weight is 433 g/mol. The predicted molar refractivity (Wildman–Crippen MR) is 118 cm³/mol. The molecular weight excluding hydrogens is 396 g/mol. The van der Waals surface area contributed by atoms with Crippen molar-refractivity contribution in [3.8, 4) is 0 Å². The van der Waals surface area contributed by atoms with Gasteiger partial charge >= 0.3 is 12.1 Å². The number of rotatable bonds is 7. The third-order valence-electron chi connectivity index (χ3n) is 5.81. The summed E-state index contributed by atoms with van der Waals surface area (Å²) in [7, 11) is 0. The number of amides is 1. The van der Waals surface area contributed by atoms with Crippen LogP contribution in [0.4, 0.5) is 10.6 Å². The molecule has 1 atom stereocenters. The Hall–Kier alpha value is -2.38. The summed E-state index contributed by atoms with van der Waals surface area (Å²) in [4.78, 5) is 28.8. The monoisotopic (exact) mass is 432 g/mol. The average Bonchev–Trinajstić information content (AvgIpc) is 2.66. The van der Waals surface area contributed by atoms with Crippen LogP contribution in [0.25, 0.3) is 0 Å². The second kappa shape index (κ2) is 10.3. The van der Waals surface area contributed by atoms with Crippen LogP contribution in [0, 0.1) is 5.92 Å². The number of aromatic nitrogens is 2. The molecule has 2 fully saturated rings. The fraction of sp³-hybridized carbons (Fsp3) is 0.739. The molecule has 1 aliphatic heterocycles. The molecule has 0 bridgehead atoms. The van der Waals surface area contributed by atoms with Crippen molar-refractivity contribution in [3.05, 3.63) is 17.8 Å². The van der Waals surface area contributed by atoms with Gasteiger partial charge in [-0.05, 0) is 71.4 Å². The molecule has 0 unspecified atom stereocenters. The number of nitrogens with zero attached hydrogens (tertiary/aromatic N) is 4. The first-order valence-electron chi connectivity index (χ1n) is 11.5. The number of anilines is 1. The molecule has 2 aliphatic rings. The van der Waals surface area contributed by atoms with Crippen LogP contribution < -0.4 is 4.90 Å². The SMILES string of the molecule is CCOC(=O)Cc1ccc(N2CCC[C@@H](N(CC3CCC3)C(=O)OC(C)(C)C)C2)nn1. The van der Waals surface area contributed by atoms with Crippen LogP contribution in [0.5, 0.6) is 0 Å². The Labute approximate surface area is 185 Å². The molecule has 0 radical (unpaired) electrons. The predicted octanol–water partition coefficient (Wildman–Crippen LogP) is 3.59. The summed E-state index contributed by atoms with van der Waals surface area (Å²) in [6.45, 7) is 10.2. The van der Waals surface area contributed by atoms with Crippen molar-refractivity contribution in [2.24, 2.45) is 5.92 Å². The van der Waals surface area contributed by atoms with Crippen LogP contribution in [0.1, 0.15) is 65.5 Å². The Morgan fingerprint density at radius 2 is 1.94 bits per heavy atom. The minimum atomic E-state index is -0.510. The van der Waals surface area contributed by atoms with Gasteiger partial charge < -0.3 is 19.3 Å². The lowest BCUT2D eigenvalue weighted by Crippen LogP contribution is -2.53. The first-order chi connectivity index (χ1) is 14.7. The minimum Gasteiger partial charge on any atom is -0.466 e. The normalized spacial score (nSPS) is 19.5. The molecule has 8 nitrogen and oxygen atoms in total. The maximum absolute atomic E-state index is 13.0. The van der Waals surface area contributed by atoms with Crippen LogP contribution in [0.2, 0.25) is 0 Å². The van der Waals surface area contributed by atoms with Gasteiger partial charge in [-0.25, -0.2) is 4.79 Å². The highest BCUT2D eigenvalue weighted by molar-refractivity contribution is 5.72. The van der Waals surface area contributed by atoms with E-state index in [-0.39, 0.29) is 24.5 Å². The molecule has 31 heavy (non-hydrogen) atoms. The molecule has 2 heterocycles. The highest BCUT2D eigenvalue weighted by Gasteiger charge is 2.34. The molecule has 0 N–H and O–H groups in total. The van der Waals surface area contributed by atoms with Gasteiger partial charge in [-0.15, -0.1) is 5.10 Å². The molecule has 172 valence electrons. The summed E-state index contributed by atoms with van der Waals surface area (Å²) in [6.07, 6.45) is 5.45. The number of carbonyl (C=O) groups excluding carboxylic acids is 2. The van der Waals surface area contributed by atoms with Gasteiger partial charge in [0, 0.05) is 19.6 Å². The van der Waals surface area contributed by atoms with Crippen molar-refractivity contribution in [2.45, 2.75) is 77.9 Å². The quantitative estimate of drug-likeness (QED) is 0.609. The summed E-state index contributed by atoms with van der Waals surface area (Å²) in [6, 6.07) is 3.81. The van der Waals surface area contributed by atoms with Gasteiger partial charge in [0.1, 0.15) is 5.60 Å². The highest BCUT2D eigenvalue weighted by atomic mass is 16.6. The van der Waals surface area contributed by atoms with Crippen molar-refractivity contribution in [3.63, 3.8) is 0 Å². The van der Waals surface area contributed by atoms with Crippen LogP contribution in [-0.4, -0.2) is 65.0 Å². The van der Waals surface area contributed by atoms with Gasteiger partial charge in [0.25, 0.3) is 0 Å². The molecule has 1 saturated heterocycles. The van der Waals surface area contributed by atoms with E-state index in [9.17, 15) is 9.59 Å². The van der Waals surface area contributed by atoms with E-state index in [1.807, 2.05) is 37.8 Å². The first-order valence-corrected chi connectivity index (χ1v) is 11.5. The van der Waals surface area contributed by atoms with E-state index in [2.05, 4.69) is 15.1 Å². The smallest absolute Gasteiger partial charge is 0.410 e. The number of carbonyl (C=O) groups is 2. The number of hydrogen-bond donors (Lipinski definition) is 0. The summed E-state index contributed by atoms with van der Waals surface area (Å²) in [5.74, 6) is 1.04. The van der Waals surface area contributed by atoms with Crippen molar-refractivity contribution in [2.75, 3.05) is 31.1 Å². The lowest BCUT2D eigenvalue weighted by Gasteiger charge is -2.42. The fourth-order valence-corrected chi connectivity index (χ4v) is 4.04. The highest BCUT2D eigenvalue weighted by Crippen LogP contribution is 2.30. The van der Waals surface area contributed by atoms with E-state index in [1.165, 1.54) is 19.3 Å². The van der Waals surface area contributed by atoms with Gasteiger partial charge in [0.15, 0.2) is 5.82 Å². The number of hydrogen-bond acceptors (Lipinski definition) is 7. The zero-order chi connectivity index (χ0) is 22.4. The number of ether oxygens (including phenoxy) is 2. The third-order valence-corrected chi connectivity index (χ3v) is 5.81. The van der Waals surface area contributed by atoms with Gasteiger partial charge in [-0.1, -0.05) is 6.42 Å². The number of esters is 1. The fourth-order valence-electron chi connectivity index (χ4n) is 4.04. The van der Waals surface area contributed by atoms with E-state index in [1.54, 1.807) is 6.92 Å². The van der Waals surface area contributed by atoms with Crippen LogP contribution >= 0.6 is 0 Å². The lowest BCUT2D eigenvalue weighted by molar-refractivity contribution is -0.142. The molecule has 1 aromatic rings. The molecule has 1 aliphatic carbocycles. The summed E-state index contributed by atoms with van der Waals surface area (Å²) >= 11 is 0. The molecule has 1 amide bonds. The first kappa shape index (κ1) is 23.3. The maximum atomic E-state index is 13.0. The van der Waals surface area contributed by atoms with Crippen LogP contribution in [-0.2, 0) is 20.7 Å². The molecule has 1 saturated carbocycles. The van der Waals surface area contributed by atoms with E-state index in [0.29, 0.717) is 24.8 Å². The largest absolute Gasteiger partial charge is 0.466 e. The Morgan fingerprint density at radius 3 is 2.52 bits per heavy atom. The molecule has 1 aromatic heterocycles. The zero-order valence-corrected chi connectivity index (χ0v) is 19.3. The summed E-state index contributed by atoms with van der Waals surface area (Å²) in [5.41, 5.74) is 0.0832. The summed E-state index contributed by atoms with van der Waals surface area (Å²) in [5, 5.41) is 8.54. The van der Waals surface area contributed by atoms with Crippen molar-refractivity contribution >= 4 is 17.9 Å². The molecule has 0 aromatic carbocycles. The topological polar surface area (TPSA) is 84.9 Å². The van der Waals surface area contributed by atoms with Gasteiger partial charge in [0.2, 0.25) is 0 Å². The Morgan fingerprint density at radius 1 is 1.16 bits per heavy atom. The van der Waals surface area contributed by atoms with Gasteiger partial charge in [0.05, 0.1) is 24.8 Å². The van der Waals surface area contributed by atoms with Crippen molar-refractivity contribution < 1.29 is 19.1 Å². The third kappa shape index (κ3) is 6.80. The molecular formula is C23H36N4O4. The van der Waals surface area contributed by atoms with Crippen molar-refractivity contribution in [1.82, 2.24) is 15.1 Å². The van der Waals surface area contributed by atoms with Crippen LogP contribution in [0.3, 0.4) is 0 Å². The second-order valence-corrected chi connectivity index (χ2v) is 9.54. The summed E-state index contributed by atoms with van der Waals surface area (Å²) < 4.78 is 10.7. The van der Waals surface area contributed by atoms with E-state index in [4.69, 9.17) is 9.47 Å². The molecule has 8 heteroatoms. The standard InChI is InChI=1S/C23H36N4O4/c1-5-30-21(28)14-18-11-12-20(25-24-18)26-13-7-10-19(16-26)27(15-17-8-6-9-17)22(29)31-23(2,3)4/h11-12,17,19H,5-10,13-16H2,1-4H3/t19-/m1/s1. The van der Waals surface area contributed by atoms with Gasteiger partial charge in [-0.2, -0.15) is 5.10 Å². The van der Waals surface area contributed by atoms with E-state index in [0.717, 1.165) is 31.7 Å².